The second kappa shape index (κ2) is 4.71. The molecule has 1 aromatic rings. The molecule has 0 aromatic carbocycles. The number of hydrogen-bond donors (Lipinski definition) is 2. The molecule has 0 spiro atoms. The van der Waals surface area contributed by atoms with Gasteiger partial charge in [-0.25, -0.2) is 13.1 Å². The number of sulfonamides is 1. The summed E-state index contributed by atoms with van der Waals surface area (Å²) in [7, 11) is -2.02. The zero-order valence-corrected chi connectivity index (χ0v) is 11.6. The molecule has 96 valence electrons. The Morgan fingerprint density at radius 2 is 2.24 bits per heavy atom. The summed E-state index contributed by atoms with van der Waals surface area (Å²) in [6.45, 7) is 3.71. The smallest absolute Gasteiger partial charge is 0.257 e. The Morgan fingerprint density at radius 3 is 2.65 bits per heavy atom. The van der Waals surface area contributed by atoms with Crippen LogP contribution in [-0.4, -0.2) is 29.7 Å². The molecule has 0 radical (unpaired) electrons. The number of hydrogen-bond acceptors (Lipinski definition) is 4. The van der Waals surface area contributed by atoms with Gasteiger partial charge in [0.05, 0.1) is 11.2 Å². The van der Waals surface area contributed by atoms with Crippen molar-refractivity contribution in [3.8, 4) is 0 Å². The molecular weight excluding hydrogens is 260 g/mol. The molecule has 0 aliphatic rings. The lowest BCUT2D eigenvalue weighted by molar-refractivity contribution is 0.497. The molecule has 0 unspecified atom stereocenters. The molecule has 3 N–H and O–H groups in total. The lowest BCUT2D eigenvalue weighted by Crippen LogP contribution is -2.41. The predicted octanol–water partition coefficient (Wildman–Crippen LogP) is 0.0107. The molecule has 0 saturated carbocycles. The third-order valence-electron chi connectivity index (χ3n) is 2.42. The molecule has 8 heteroatoms. The second-order valence-corrected chi connectivity index (χ2v) is 6.52. The average Bonchev–Trinajstić information content (AvgIpc) is 2.62. The van der Waals surface area contributed by atoms with Gasteiger partial charge in [0.25, 0.3) is 10.0 Å². The van der Waals surface area contributed by atoms with Gasteiger partial charge < -0.3 is 5.73 Å². The van der Waals surface area contributed by atoms with E-state index in [2.05, 4.69) is 9.82 Å². The van der Waals surface area contributed by atoms with Crippen molar-refractivity contribution in [3.05, 3.63) is 12.3 Å². The fourth-order valence-electron chi connectivity index (χ4n) is 1.06. The minimum Gasteiger partial charge on any atom is -0.393 e. The monoisotopic (exact) mass is 276 g/mol. The van der Waals surface area contributed by atoms with Gasteiger partial charge in [-0.1, -0.05) is 26.1 Å². The van der Waals surface area contributed by atoms with Crippen LogP contribution in [0.3, 0.4) is 0 Å². The third kappa shape index (κ3) is 3.24. The topological polar surface area (TPSA) is 90.0 Å². The summed E-state index contributed by atoms with van der Waals surface area (Å²) in [5, 5.41) is 3.92. The zero-order valence-electron chi connectivity index (χ0n) is 9.97. The van der Waals surface area contributed by atoms with Crippen LogP contribution in [0.5, 0.6) is 0 Å². The Labute approximate surface area is 106 Å². The molecule has 0 bridgehead atoms. The summed E-state index contributed by atoms with van der Waals surface area (Å²) in [4.78, 5) is 0.269. The van der Waals surface area contributed by atoms with Gasteiger partial charge in [0.2, 0.25) is 0 Å². The van der Waals surface area contributed by atoms with E-state index in [1.54, 1.807) is 20.9 Å². The van der Waals surface area contributed by atoms with Crippen LogP contribution in [0.2, 0.25) is 0 Å². The maximum Gasteiger partial charge on any atom is 0.257 e. The minimum absolute atomic E-state index is 0.108. The van der Waals surface area contributed by atoms with Gasteiger partial charge in [-0.05, 0) is 6.07 Å². The van der Waals surface area contributed by atoms with Crippen LogP contribution in [0.1, 0.15) is 13.8 Å². The average molecular weight is 276 g/mol. The van der Waals surface area contributed by atoms with Crippen molar-refractivity contribution >= 4 is 27.2 Å². The summed E-state index contributed by atoms with van der Waals surface area (Å²) in [6, 6.07) is 1.43. The molecule has 1 heterocycles. The quantitative estimate of drug-likeness (QED) is 0.739. The normalized spacial score (nSPS) is 12.6. The second-order valence-electron chi connectivity index (χ2n) is 4.37. The minimum atomic E-state index is -3.58. The van der Waals surface area contributed by atoms with Crippen LogP contribution in [0, 0.1) is 5.41 Å². The SMILES string of the molecule is Cn1nccc1S(=O)(=O)NCC(C)(C)C(N)=S. The molecule has 1 aromatic heterocycles. The first-order chi connectivity index (χ1) is 7.67. The number of thiocarbonyl (C=S) groups is 1. The maximum atomic E-state index is 11.9. The van der Waals surface area contributed by atoms with Crippen molar-refractivity contribution in [3.63, 3.8) is 0 Å². The Hall–Kier alpha value is -0.990. The van der Waals surface area contributed by atoms with Gasteiger partial charge in [0.15, 0.2) is 5.03 Å². The van der Waals surface area contributed by atoms with Crippen molar-refractivity contribution in [2.24, 2.45) is 18.2 Å². The van der Waals surface area contributed by atoms with Gasteiger partial charge in [-0.15, -0.1) is 0 Å². The lowest BCUT2D eigenvalue weighted by atomic mass is 9.94. The first-order valence-electron chi connectivity index (χ1n) is 4.94. The Balaban J connectivity index is 2.83. The first-order valence-corrected chi connectivity index (χ1v) is 6.83. The molecule has 0 amide bonds. The molecule has 0 aliphatic carbocycles. The maximum absolute atomic E-state index is 11.9. The van der Waals surface area contributed by atoms with Crippen molar-refractivity contribution in [2.45, 2.75) is 18.9 Å². The van der Waals surface area contributed by atoms with Gasteiger partial charge in [-0.3, -0.25) is 4.68 Å². The van der Waals surface area contributed by atoms with Gasteiger partial charge in [0.1, 0.15) is 0 Å². The molecule has 1 rings (SSSR count). The molecule has 17 heavy (non-hydrogen) atoms. The molecule has 0 atom stereocenters. The predicted molar refractivity (Wildman–Crippen MR) is 69.0 cm³/mol. The Morgan fingerprint density at radius 1 is 1.65 bits per heavy atom. The van der Waals surface area contributed by atoms with Crippen molar-refractivity contribution in [1.82, 2.24) is 14.5 Å². The van der Waals surface area contributed by atoms with E-state index in [1.165, 1.54) is 16.9 Å². The number of nitrogens with two attached hydrogens (primary N) is 1. The fourth-order valence-corrected chi connectivity index (χ4v) is 2.47. The summed E-state index contributed by atoms with van der Waals surface area (Å²) < 4.78 is 27.6. The van der Waals surface area contributed by atoms with E-state index in [4.69, 9.17) is 18.0 Å². The fraction of sp³-hybridized carbons (Fsp3) is 0.556. The van der Waals surface area contributed by atoms with Crippen molar-refractivity contribution in [2.75, 3.05) is 6.54 Å². The number of aryl methyl sites for hydroxylation is 1. The van der Waals surface area contributed by atoms with Crippen LogP contribution >= 0.6 is 12.2 Å². The van der Waals surface area contributed by atoms with E-state index in [0.29, 0.717) is 0 Å². The van der Waals surface area contributed by atoms with Crippen LogP contribution < -0.4 is 10.5 Å². The number of nitrogens with zero attached hydrogens (tertiary/aromatic N) is 2. The van der Waals surface area contributed by atoms with E-state index in [1.807, 2.05) is 0 Å². The van der Waals surface area contributed by atoms with Crippen molar-refractivity contribution < 1.29 is 8.42 Å². The highest BCUT2D eigenvalue weighted by molar-refractivity contribution is 7.89. The number of rotatable bonds is 5. The third-order valence-corrected chi connectivity index (χ3v) is 4.45. The number of aromatic nitrogens is 2. The molecule has 0 aliphatic heterocycles. The van der Waals surface area contributed by atoms with E-state index in [9.17, 15) is 8.42 Å². The Kier molecular flexibility index (Phi) is 3.90. The standard InChI is InChI=1S/C9H16N4O2S2/c1-9(2,8(10)16)6-12-17(14,15)7-4-5-11-13(7)3/h4-5,12H,6H2,1-3H3,(H2,10,16). The molecule has 0 saturated heterocycles. The molecular formula is C9H16N4O2S2. The largest absolute Gasteiger partial charge is 0.393 e. The summed E-state index contributed by atoms with van der Waals surface area (Å²) in [6.07, 6.45) is 1.42. The van der Waals surface area contributed by atoms with E-state index in [0.717, 1.165) is 0 Å². The molecule has 6 nitrogen and oxygen atoms in total. The van der Waals surface area contributed by atoms with E-state index >= 15 is 0 Å². The van der Waals surface area contributed by atoms with Gasteiger partial charge >= 0.3 is 0 Å². The van der Waals surface area contributed by atoms with E-state index < -0.39 is 15.4 Å². The highest BCUT2D eigenvalue weighted by Crippen LogP contribution is 2.15. The zero-order chi connectivity index (χ0) is 13.3. The summed E-state index contributed by atoms with van der Waals surface area (Å²) in [5.74, 6) is 0. The summed E-state index contributed by atoms with van der Waals surface area (Å²) in [5.41, 5.74) is 4.96. The van der Waals surface area contributed by atoms with E-state index in [-0.39, 0.29) is 16.6 Å². The van der Waals surface area contributed by atoms with Crippen LogP contribution in [0.25, 0.3) is 0 Å². The van der Waals surface area contributed by atoms with Crippen LogP contribution in [0.15, 0.2) is 17.3 Å². The number of nitrogens with one attached hydrogen (secondary N) is 1. The molecule has 0 fully saturated rings. The first kappa shape index (κ1) is 14.1. The van der Waals surface area contributed by atoms with Crippen molar-refractivity contribution in [1.29, 1.82) is 0 Å². The Bertz CT molecular complexity index is 519. The van der Waals surface area contributed by atoms with Crippen LogP contribution in [-0.2, 0) is 17.1 Å². The van der Waals surface area contributed by atoms with Crippen LogP contribution in [0.4, 0.5) is 0 Å². The van der Waals surface area contributed by atoms with Gasteiger partial charge in [0, 0.05) is 19.0 Å². The highest BCUT2D eigenvalue weighted by atomic mass is 32.2. The lowest BCUT2D eigenvalue weighted by Gasteiger charge is -2.23. The summed E-state index contributed by atoms with van der Waals surface area (Å²) >= 11 is 4.87. The highest BCUT2D eigenvalue weighted by Gasteiger charge is 2.26. The van der Waals surface area contributed by atoms with Gasteiger partial charge in [-0.2, -0.15) is 5.10 Å².